The second kappa shape index (κ2) is 10.4. The average Bonchev–Trinajstić information content (AvgIpc) is 2.69. The molecule has 2 aromatic carbocycles. The van der Waals surface area contributed by atoms with Gasteiger partial charge >= 0.3 is 5.97 Å². The molecule has 0 saturated heterocycles. The highest BCUT2D eigenvalue weighted by Crippen LogP contribution is 2.39. The van der Waals surface area contributed by atoms with Gasteiger partial charge in [-0.25, -0.2) is 4.79 Å². The molecule has 2 rings (SSSR count). The van der Waals surface area contributed by atoms with Crippen molar-refractivity contribution in [1.82, 2.24) is 0 Å². The van der Waals surface area contributed by atoms with E-state index in [2.05, 4.69) is 5.16 Å². The summed E-state index contributed by atoms with van der Waals surface area (Å²) < 4.78 is 16.8. The van der Waals surface area contributed by atoms with Crippen LogP contribution in [0.2, 0.25) is 5.02 Å². The summed E-state index contributed by atoms with van der Waals surface area (Å²) in [4.78, 5) is 17.4. The standard InChI is InChI=1S/C20H23ClN2O5/c1-4-25-16-11-14(12-17(26-5-2)18(16)27-6-3)20(24)28-23-19(22)13-7-9-15(21)10-8-13/h7-12H,4-6H2,1-3H3,(H2,22,23). The van der Waals surface area contributed by atoms with E-state index in [4.69, 9.17) is 36.4 Å². The zero-order valence-electron chi connectivity index (χ0n) is 16.0. The minimum atomic E-state index is -0.707. The van der Waals surface area contributed by atoms with Crippen LogP contribution < -0.4 is 19.9 Å². The molecule has 0 heterocycles. The third-order valence-corrected chi connectivity index (χ3v) is 3.76. The van der Waals surface area contributed by atoms with Gasteiger partial charge in [0.1, 0.15) is 0 Å². The monoisotopic (exact) mass is 406 g/mol. The third-order valence-electron chi connectivity index (χ3n) is 3.51. The van der Waals surface area contributed by atoms with E-state index in [0.717, 1.165) is 0 Å². The van der Waals surface area contributed by atoms with Crippen LogP contribution in [0.25, 0.3) is 0 Å². The lowest BCUT2D eigenvalue weighted by molar-refractivity contribution is 0.0515. The Balaban J connectivity index is 2.28. The molecular formula is C20H23ClN2O5. The van der Waals surface area contributed by atoms with Crippen LogP contribution in [0.1, 0.15) is 36.7 Å². The number of rotatable bonds is 9. The van der Waals surface area contributed by atoms with Crippen molar-refractivity contribution >= 4 is 23.4 Å². The zero-order valence-corrected chi connectivity index (χ0v) is 16.8. The second-order valence-electron chi connectivity index (χ2n) is 5.46. The molecule has 0 bridgehead atoms. The Morgan fingerprint density at radius 1 is 0.929 bits per heavy atom. The lowest BCUT2D eigenvalue weighted by Crippen LogP contribution is -2.15. The van der Waals surface area contributed by atoms with Crippen LogP contribution in [0.3, 0.4) is 0 Å². The van der Waals surface area contributed by atoms with Crippen molar-refractivity contribution in [1.29, 1.82) is 0 Å². The number of amidine groups is 1. The Bertz CT molecular complexity index is 810. The number of ether oxygens (including phenoxy) is 3. The minimum Gasteiger partial charge on any atom is -0.490 e. The highest BCUT2D eigenvalue weighted by atomic mass is 35.5. The Kier molecular flexibility index (Phi) is 7.95. The Labute approximate surface area is 169 Å². The van der Waals surface area contributed by atoms with Gasteiger partial charge in [0.25, 0.3) is 0 Å². The number of hydrogen-bond donors (Lipinski definition) is 1. The summed E-state index contributed by atoms with van der Waals surface area (Å²) in [5.41, 5.74) is 6.63. The molecule has 0 amide bonds. The fourth-order valence-electron chi connectivity index (χ4n) is 2.32. The molecule has 0 spiro atoms. The van der Waals surface area contributed by atoms with E-state index in [0.29, 0.717) is 47.7 Å². The molecule has 2 N–H and O–H groups in total. The molecule has 28 heavy (non-hydrogen) atoms. The van der Waals surface area contributed by atoms with Crippen molar-refractivity contribution in [2.75, 3.05) is 19.8 Å². The van der Waals surface area contributed by atoms with Gasteiger partial charge in [0.05, 0.1) is 25.4 Å². The predicted molar refractivity (Wildman–Crippen MR) is 108 cm³/mol. The van der Waals surface area contributed by atoms with Crippen molar-refractivity contribution in [3.63, 3.8) is 0 Å². The predicted octanol–water partition coefficient (Wildman–Crippen LogP) is 4.01. The van der Waals surface area contributed by atoms with Gasteiger partial charge in [-0.05, 0) is 57.2 Å². The van der Waals surface area contributed by atoms with Gasteiger partial charge < -0.3 is 24.8 Å². The quantitative estimate of drug-likeness (QED) is 0.292. The van der Waals surface area contributed by atoms with Gasteiger partial charge in [-0.1, -0.05) is 16.8 Å². The molecular weight excluding hydrogens is 384 g/mol. The lowest BCUT2D eigenvalue weighted by Gasteiger charge is -2.16. The van der Waals surface area contributed by atoms with E-state index in [9.17, 15) is 4.79 Å². The van der Waals surface area contributed by atoms with E-state index in [1.54, 1.807) is 24.3 Å². The van der Waals surface area contributed by atoms with E-state index in [1.165, 1.54) is 12.1 Å². The van der Waals surface area contributed by atoms with Crippen LogP contribution in [0.15, 0.2) is 41.6 Å². The van der Waals surface area contributed by atoms with Crippen molar-refractivity contribution in [2.45, 2.75) is 20.8 Å². The number of nitrogens with two attached hydrogens (primary N) is 1. The van der Waals surface area contributed by atoms with Crippen molar-refractivity contribution < 1.29 is 23.8 Å². The van der Waals surface area contributed by atoms with Crippen molar-refractivity contribution in [2.24, 2.45) is 10.9 Å². The minimum absolute atomic E-state index is 0.0472. The number of hydrogen-bond acceptors (Lipinski definition) is 6. The fourth-order valence-corrected chi connectivity index (χ4v) is 2.45. The fraction of sp³-hybridized carbons (Fsp3) is 0.300. The van der Waals surface area contributed by atoms with Crippen LogP contribution in [0.4, 0.5) is 0 Å². The molecule has 0 aromatic heterocycles. The number of halogens is 1. The van der Waals surface area contributed by atoms with Crippen LogP contribution in [-0.2, 0) is 4.84 Å². The van der Waals surface area contributed by atoms with Gasteiger partial charge in [-0.15, -0.1) is 0 Å². The number of benzene rings is 2. The molecule has 0 aliphatic rings. The first-order valence-electron chi connectivity index (χ1n) is 8.87. The first-order valence-corrected chi connectivity index (χ1v) is 9.25. The molecule has 7 nitrogen and oxygen atoms in total. The number of nitrogens with zero attached hydrogens (tertiary/aromatic N) is 1. The van der Waals surface area contributed by atoms with Gasteiger partial charge in [0.15, 0.2) is 17.3 Å². The highest BCUT2D eigenvalue weighted by molar-refractivity contribution is 6.30. The molecule has 0 fully saturated rings. The molecule has 0 aliphatic heterocycles. The first-order chi connectivity index (χ1) is 13.5. The van der Waals surface area contributed by atoms with E-state index < -0.39 is 5.97 Å². The Morgan fingerprint density at radius 2 is 1.46 bits per heavy atom. The summed E-state index contributed by atoms with van der Waals surface area (Å²) in [6.45, 7) is 6.72. The maximum Gasteiger partial charge on any atom is 0.366 e. The molecule has 0 radical (unpaired) electrons. The Morgan fingerprint density at radius 3 is 1.96 bits per heavy atom. The largest absolute Gasteiger partial charge is 0.490 e. The van der Waals surface area contributed by atoms with Gasteiger partial charge in [-0.2, -0.15) is 0 Å². The molecule has 2 aromatic rings. The summed E-state index contributed by atoms with van der Waals surface area (Å²) in [6.07, 6.45) is 0. The SMILES string of the molecule is CCOc1cc(C(=O)O/N=C(\N)c2ccc(Cl)cc2)cc(OCC)c1OCC. The zero-order chi connectivity index (χ0) is 20.5. The highest BCUT2D eigenvalue weighted by Gasteiger charge is 2.19. The normalized spacial score (nSPS) is 11.1. The van der Waals surface area contributed by atoms with Crippen LogP contribution in [0.5, 0.6) is 17.2 Å². The lowest BCUT2D eigenvalue weighted by atomic mass is 10.2. The van der Waals surface area contributed by atoms with Gasteiger partial charge in [0, 0.05) is 10.6 Å². The second-order valence-corrected chi connectivity index (χ2v) is 5.90. The molecule has 8 heteroatoms. The molecule has 150 valence electrons. The van der Waals surface area contributed by atoms with Crippen LogP contribution in [-0.4, -0.2) is 31.6 Å². The summed E-state index contributed by atoms with van der Waals surface area (Å²) in [7, 11) is 0. The molecule has 0 aliphatic carbocycles. The van der Waals surface area contributed by atoms with Crippen molar-refractivity contribution in [3.8, 4) is 17.2 Å². The summed E-state index contributed by atoms with van der Waals surface area (Å²) in [5, 5.41) is 4.26. The van der Waals surface area contributed by atoms with Crippen LogP contribution >= 0.6 is 11.6 Å². The molecule has 0 atom stereocenters. The Hall–Kier alpha value is -2.93. The summed E-state index contributed by atoms with van der Waals surface area (Å²) in [5.74, 6) is 0.550. The third kappa shape index (κ3) is 5.53. The van der Waals surface area contributed by atoms with E-state index in [-0.39, 0.29) is 11.4 Å². The number of oxime groups is 1. The molecule has 0 saturated carbocycles. The summed E-state index contributed by atoms with van der Waals surface area (Å²) >= 11 is 5.84. The number of carbonyl (C=O) groups excluding carboxylic acids is 1. The maximum absolute atomic E-state index is 12.5. The van der Waals surface area contributed by atoms with Gasteiger partial charge in [-0.3, -0.25) is 0 Å². The van der Waals surface area contributed by atoms with E-state index in [1.807, 2.05) is 20.8 Å². The van der Waals surface area contributed by atoms with Crippen molar-refractivity contribution in [3.05, 3.63) is 52.5 Å². The first kappa shape index (κ1) is 21.4. The topological polar surface area (TPSA) is 92.4 Å². The maximum atomic E-state index is 12.5. The average molecular weight is 407 g/mol. The molecule has 0 unspecified atom stereocenters. The number of carbonyl (C=O) groups is 1. The van der Waals surface area contributed by atoms with E-state index >= 15 is 0 Å². The summed E-state index contributed by atoms with van der Waals surface area (Å²) in [6, 6.07) is 9.71. The van der Waals surface area contributed by atoms with Gasteiger partial charge in [0.2, 0.25) is 5.75 Å². The smallest absolute Gasteiger partial charge is 0.366 e. The van der Waals surface area contributed by atoms with Crippen LogP contribution in [0, 0.1) is 0 Å².